The van der Waals surface area contributed by atoms with Crippen LogP contribution in [0.25, 0.3) is 0 Å². The maximum atomic E-state index is 13.1. The lowest BCUT2D eigenvalue weighted by Crippen LogP contribution is -2.49. The maximum Gasteiger partial charge on any atom is 0.243 e. The molecule has 142 valence electrons. The van der Waals surface area contributed by atoms with Crippen molar-refractivity contribution in [1.82, 2.24) is 23.9 Å². The number of sulfonamides is 2. The molecule has 1 aliphatic heterocycles. The van der Waals surface area contributed by atoms with Crippen molar-refractivity contribution in [2.24, 2.45) is 7.05 Å². The van der Waals surface area contributed by atoms with Crippen LogP contribution in [0.2, 0.25) is 0 Å². The van der Waals surface area contributed by atoms with Gasteiger partial charge in [-0.2, -0.15) is 4.31 Å². The Bertz CT molecular complexity index is 983. The highest BCUT2D eigenvalue weighted by atomic mass is 32.2. The molecule has 1 atom stereocenters. The van der Waals surface area contributed by atoms with Crippen LogP contribution in [0.4, 0.5) is 0 Å². The second kappa shape index (κ2) is 7.08. The molecule has 0 radical (unpaired) electrons. The van der Waals surface area contributed by atoms with Crippen molar-refractivity contribution in [1.29, 1.82) is 0 Å². The largest absolute Gasteiger partial charge is 0.337 e. The van der Waals surface area contributed by atoms with E-state index >= 15 is 0 Å². The summed E-state index contributed by atoms with van der Waals surface area (Å²) >= 11 is 0. The summed E-state index contributed by atoms with van der Waals surface area (Å²) in [6.45, 7) is 1.29. The average molecular weight is 399 g/mol. The van der Waals surface area contributed by atoms with Crippen LogP contribution in [0.15, 0.2) is 46.5 Å². The highest BCUT2D eigenvalue weighted by Crippen LogP contribution is 2.28. The number of rotatable bonds is 5. The second-order valence-corrected chi connectivity index (χ2v) is 9.69. The van der Waals surface area contributed by atoms with E-state index in [2.05, 4.69) is 15.0 Å². The van der Waals surface area contributed by atoms with Crippen LogP contribution in [0.5, 0.6) is 0 Å². The number of benzene rings is 1. The molecular formula is C15H21N5O4S2. The lowest BCUT2D eigenvalue weighted by atomic mass is 10.2. The van der Waals surface area contributed by atoms with E-state index < -0.39 is 26.1 Å². The number of nitrogens with zero attached hydrogens (tertiary/aromatic N) is 3. The summed E-state index contributed by atoms with van der Waals surface area (Å²) in [5, 5.41) is 3.19. The predicted octanol–water partition coefficient (Wildman–Crippen LogP) is -0.337. The molecule has 3 rings (SSSR count). The Balaban J connectivity index is 1.97. The molecular weight excluding hydrogens is 378 g/mol. The van der Waals surface area contributed by atoms with E-state index in [1.807, 2.05) is 7.05 Å². The monoisotopic (exact) mass is 399 g/mol. The van der Waals surface area contributed by atoms with Crippen LogP contribution in [-0.4, -0.2) is 57.4 Å². The highest BCUT2D eigenvalue weighted by molar-refractivity contribution is 7.89. The van der Waals surface area contributed by atoms with E-state index in [4.69, 9.17) is 0 Å². The van der Waals surface area contributed by atoms with Crippen LogP contribution in [-0.2, 0) is 27.1 Å². The minimum atomic E-state index is -3.80. The molecule has 0 bridgehead atoms. The van der Waals surface area contributed by atoms with Crippen molar-refractivity contribution in [3.8, 4) is 0 Å². The third-order valence-corrected chi connectivity index (χ3v) is 7.71. The summed E-state index contributed by atoms with van der Waals surface area (Å²) in [5.41, 5.74) is 0. The third kappa shape index (κ3) is 3.40. The first-order chi connectivity index (χ1) is 12.3. The first-order valence-electron chi connectivity index (χ1n) is 8.01. The maximum absolute atomic E-state index is 13.1. The first-order valence-corrected chi connectivity index (χ1v) is 10.9. The van der Waals surface area contributed by atoms with Crippen molar-refractivity contribution in [3.63, 3.8) is 0 Å². The van der Waals surface area contributed by atoms with Crippen LogP contribution in [0.1, 0.15) is 11.9 Å². The molecule has 0 spiro atoms. The standard InChI is InChI=1S/C15H21N5O4S2/c1-16-25(21,22)12-3-5-13(6-4-12)26(23,24)20-10-7-17-11-14(20)15-18-8-9-19(15)2/h3-6,8-9,14,16-17H,7,10-11H2,1-2H3. The van der Waals surface area contributed by atoms with E-state index in [1.54, 1.807) is 17.0 Å². The van der Waals surface area contributed by atoms with Gasteiger partial charge < -0.3 is 9.88 Å². The zero-order valence-electron chi connectivity index (χ0n) is 14.5. The zero-order chi connectivity index (χ0) is 18.9. The predicted molar refractivity (Wildman–Crippen MR) is 95.4 cm³/mol. The molecule has 9 nitrogen and oxygen atoms in total. The van der Waals surface area contributed by atoms with Crippen LogP contribution in [0.3, 0.4) is 0 Å². The molecule has 1 aliphatic rings. The Kier molecular flexibility index (Phi) is 5.17. The SMILES string of the molecule is CNS(=O)(=O)c1ccc(S(=O)(=O)N2CCNCC2c2nccn2C)cc1. The Morgan fingerprint density at radius 3 is 2.38 bits per heavy atom. The molecule has 1 fully saturated rings. The lowest BCUT2D eigenvalue weighted by Gasteiger charge is -2.34. The van der Waals surface area contributed by atoms with Gasteiger partial charge in [-0.05, 0) is 31.3 Å². The number of imidazole rings is 1. The molecule has 1 unspecified atom stereocenters. The summed E-state index contributed by atoms with van der Waals surface area (Å²) in [6.07, 6.45) is 3.40. The van der Waals surface area contributed by atoms with Crippen molar-refractivity contribution >= 4 is 20.0 Å². The van der Waals surface area contributed by atoms with Crippen molar-refractivity contribution in [2.45, 2.75) is 15.8 Å². The first kappa shape index (κ1) is 19.0. The van der Waals surface area contributed by atoms with Gasteiger partial charge in [0, 0.05) is 39.1 Å². The Labute approximate surface area is 153 Å². The Hall–Kier alpha value is -1.79. The van der Waals surface area contributed by atoms with Crippen molar-refractivity contribution in [2.75, 3.05) is 26.7 Å². The molecule has 1 saturated heterocycles. The summed E-state index contributed by atoms with van der Waals surface area (Å²) in [5.74, 6) is 0.648. The van der Waals surface area contributed by atoms with Crippen molar-refractivity contribution < 1.29 is 16.8 Å². The molecule has 2 heterocycles. The topological polar surface area (TPSA) is 113 Å². The van der Waals surface area contributed by atoms with Gasteiger partial charge in [-0.1, -0.05) is 0 Å². The Morgan fingerprint density at radius 1 is 1.15 bits per heavy atom. The molecule has 1 aromatic carbocycles. The number of aromatic nitrogens is 2. The van der Waals surface area contributed by atoms with Crippen LogP contribution < -0.4 is 10.0 Å². The molecule has 0 saturated carbocycles. The van der Waals surface area contributed by atoms with E-state index in [0.29, 0.717) is 25.5 Å². The number of nitrogens with one attached hydrogen (secondary N) is 2. The summed E-state index contributed by atoms with van der Waals surface area (Å²) in [4.78, 5) is 4.35. The summed E-state index contributed by atoms with van der Waals surface area (Å²) in [7, 11) is -4.29. The lowest BCUT2D eigenvalue weighted by molar-refractivity contribution is 0.258. The quantitative estimate of drug-likeness (QED) is 0.711. The van der Waals surface area contributed by atoms with Gasteiger partial charge >= 0.3 is 0 Å². The van der Waals surface area contributed by atoms with E-state index in [1.165, 1.54) is 35.6 Å². The third-order valence-electron chi connectivity index (χ3n) is 4.36. The van der Waals surface area contributed by atoms with Crippen molar-refractivity contribution in [3.05, 3.63) is 42.5 Å². The number of aryl methyl sites for hydroxylation is 1. The smallest absolute Gasteiger partial charge is 0.243 e. The van der Waals surface area contributed by atoms with Gasteiger partial charge in [0.1, 0.15) is 5.82 Å². The number of hydrogen-bond donors (Lipinski definition) is 2. The molecule has 1 aromatic heterocycles. The summed E-state index contributed by atoms with van der Waals surface area (Å²) in [6, 6.07) is 4.77. The fourth-order valence-corrected chi connectivity index (χ4v) is 5.25. The zero-order valence-corrected chi connectivity index (χ0v) is 16.1. The molecule has 2 N–H and O–H groups in total. The van der Waals surface area contributed by atoms with Gasteiger partial charge in [-0.25, -0.2) is 26.5 Å². The average Bonchev–Trinajstić information content (AvgIpc) is 3.07. The van der Waals surface area contributed by atoms with Gasteiger partial charge in [0.25, 0.3) is 0 Å². The van der Waals surface area contributed by atoms with E-state index in [-0.39, 0.29) is 9.79 Å². The van der Waals surface area contributed by atoms with Gasteiger partial charge in [-0.3, -0.25) is 0 Å². The fraction of sp³-hybridized carbons (Fsp3) is 0.400. The van der Waals surface area contributed by atoms with Gasteiger partial charge in [0.2, 0.25) is 20.0 Å². The normalized spacial score (nSPS) is 19.5. The summed E-state index contributed by atoms with van der Waals surface area (Å²) < 4.78 is 55.3. The van der Waals surface area contributed by atoms with E-state index in [0.717, 1.165) is 0 Å². The molecule has 26 heavy (non-hydrogen) atoms. The molecule has 11 heteroatoms. The van der Waals surface area contributed by atoms with Crippen LogP contribution >= 0.6 is 0 Å². The Morgan fingerprint density at radius 2 is 1.81 bits per heavy atom. The minimum Gasteiger partial charge on any atom is -0.337 e. The van der Waals surface area contributed by atoms with Gasteiger partial charge in [0.15, 0.2) is 0 Å². The number of hydrogen-bond acceptors (Lipinski definition) is 6. The minimum absolute atomic E-state index is 0.0138. The molecule has 0 amide bonds. The number of piperazine rings is 1. The van der Waals surface area contributed by atoms with Crippen LogP contribution in [0, 0.1) is 0 Å². The van der Waals surface area contributed by atoms with Gasteiger partial charge in [-0.15, -0.1) is 0 Å². The van der Waals surface area contributed by atoms with Gasteiger partial charge in [0.05, 0.1) is 15.8 Å². The highest BCUT2D eigenvalue weighted by Gasteiger charge is 2.36. The second-order valence-electron chi connectivity index (χ2n) is 5.91. The molecule has 2 aromatic rings. The fourth-order valence-electron chi connectivity index (χ4n) is 2.94. The van der Waals surface area contributed by atoms with E-state index in [9.17, 15) is 16.8 Å². The molecule has 0 aliphatic carbocycles.